The van der Waals surface area contributed by atoms with E-state index in [0.717, 1.165) is 68.7 Å². The first-order valence-electron chi connectivity index (χ1n) is 8.86. The number of ether oxygens (including phenoxy) is 1. The van der Waals surface area contributed by atoms with Gasteiger partial charge in [0.05, 0.1) is 12.2 Å². The predicted molar refractivity (Wildman–Crippen MR) is 85.3 cm³/mol. The molecule has 7 nitrogen and oxygen atoms in total. The molecule has 4 rings (SSSR count). The first-order valence-corrected chi connectivity index (χ1v) is 8.86. The number of aryl methyl sites for hydroxylation is 1. The van der Waals surface area contributed by atoms with Crippen LogP contribution in [0.4, 0.5) is 0 Å². The maximum Gasteiger partial charge on any atom is 0.233 e. The molecule has 2 fully saturated rings. The monoisotopic (exact) mass is 332 g/mol. The number of aromatic nitrogens is 3. The second kappa shape index (κ2) is 7.03. The first kappa shape index (κ1) is 15.8. The van der Waals surface area contributed by atoms with Gasteiger partial charge in [0, 0.05) is 31.2 Å². The molecule has 130 valence electrons. The maximum atomic E-state index is 6.08. The molecule has 0 radical (unpaired) electrons. The van der Waals surface area contributed by atoms with E-state index in [9.17, 15) is 0 Å². The zero-order valence-corrected chi connectivity index (χ0v) is 14.1. The van der Waals surface area contributed by atoms with Crippen molar-refractivity contribution >= 4 is 0 Å². The van der Waals surface area contributed by atoms with Crippen LogP contribution in [0.3, 0.4) is 0 Å². The molecule has 0 N–H and O–H groups in total. The van der Waals surface area contributed by atoms with Crippen LogP contribution in [0.5, 0.6) is 0 Å². The highest BCUT2D eigenvalue weighted by atomic mass is 16.5. The summed E-state index contributed by atoms with van der Waals surface area (Å²) in [6.45, 7) is 5.37. The largest absolute Gasteiger partial charge is 0.423 e. The standard InChI is InChI=1S/C17H24N4O3/c1-12-14(10-18-24-12)11-21-7-3-2-4-15(21)17-20-19-16(23-17)13-5-8-22-9-6-13/h10,13,15H,2-9,11H2,1H3. The van der Waals surface area contributed by atoms with Gasteiger partial charge in [-0.05, 0) is 39.2 Å². The van der Waals surface area contributed by atoms with E-state index in [2.05, 4.69) is 20.3 Å². The molecule has 0 saturated carbocycles. The minimum atomic E-state index is 0.189. The van der Waals surface area contributed by atoms with Crippen LogP contribution >= 0.6 is 0 Å². The summed E-state index contributed by atoms with van der Waals surface area (Å²) in [7, 11) is 0. The molecule has 0 bridgehead atoms. The zero-order chi connectivity index (χ0) is 16.4. The first-order chi connectivity index (χ1) is 11.8. The van der Waals surface area contributed by atoms with Gasteiger partial charge in [-0.1, -0.05) is 11.6 Å². The molecule has 1 unspecified atom stereocenters. The fraction of sp³-hybridized carbons (Fsp3) is 0.706. The van der Waals surface area contributed by atoms with Crippen molar-refractivity contribution in [1.82, 2.24) is 20.3 Å². The smallest absolute Gasteiger partial charge is 0.233 e. The third kappa shape index (κ3) is 3.23. The van der Waals surface area contributed by atoms with E-state index in [-0.39, 0.29) is 6.04 Å². The second-order valence-electron chi connectivity index (χ2n) is 6.75. The fourth-order valence-electron chi connectivity index (χ4n) is 3.64. The van der Waals surface area contributed by atoms with Gasteiger partial charge < -0.3 is 13.7 Å². The predicted octanol–water partition coefficient (Wildman–Crippen LogP) is 2.99. The van der Waals surface area contributed by atoms with Crippen molar-refractivity contribution in [3.05, 3.63) is 29.3 Å². The molecule has 1 atom stereocenters. The minimum Gasteiger partial charge on any atom is -0.423 e. The Labute approximate surface area is 141 Å². The number of nitrogens with zero attached hydrogens (tertiary/aromatic N) is 4. The van der Waals surface area contributed by atoms with Gasteiger partial charge in [-0.25, -0.2) is 0 Å². The molecule has 0 aromatic carbocycles. The summed E-state index contributed by atoms with van der Waals surface area (Å²) >= 11 is 0. The Hall–Kier alpha value is -1.73. The van der Waals surface area contributed by atoms with Gasteiger partial charge in [0.1, 0.15) is 5.76 Å². The minimum absolute atomic E-state index is 0.189. The Morgan fingerprint density at radius 3 is 2.75 bits per heavy atom. The van der Waals surface area contributed by atoms with Crippen molar-refractivity contribution in [3.63, 3.8) is 0 Å². The third-order valence-corrected chi connectivity index (χ3v) is 5.15. The van der Waals surface area contributed by atoms with Crippen LogP contribution in [0.25, 0.3) is 0 Å². The van der Waals surface area contributed by atoms with E-state index in [1.54, 1.807) is 0 Å². The molecule has 7 heteroatoms. The maximum absolute atomic E-state index is 6.08. The Morgan fingerprint density at radius 1 is 1.12 bits per heavy atom. The zero-order valence-electron chi connectivity index (χ0n) is 14.1. The summed E-state index contributed by atoms with van der Waals surface area (Å²) in [4.78, 5) is 2.41. The average molecular weight is 332 g/mol. The lowest BCUT2D eigenvalue weighted by atomic mass is 10.0. The fourth-order valence-corrected chi connectivity index (χ4v) is 3.64. The van der Waals surface area contributed by atoms with Crippen LogP contribution in [0, 0.1) is 6.92 Å². The molecule has 0 aliphatic carbocycles. The lowest BCUT2D eigenvalue weighted by Crippen LogP contribution is -2.33. The van der Waals surface area contributed by atoms with Gasteiger partial charge in [0.25, 0.3) is 0 Å². The summed E-state index contributed by atoms with van der Waals surface area (Å²) < 4.78 is 16.7. The topological polar surface area (TPSA) is 77.4 Å². The Morgan fingerprint density at radius 2 is 1.96 bits per heavy atom. The molecule has 24 heavy (non-hydrogen) atoms. The quantitative estimate of drug-likeness (QED) is 0.851. The SMILES string of the molecule is Cc1oncc1CN1CCCCC1c1nnc(C2CCOCC2)o1. The van der Waals surface area contributed by atoms with E-state index in [4.69, 9.17) is 13.7 Å². The molecule has 0 spiro atoms. The summed E-state index contributed by atoms with van der Waals surface area (Å²) in [5, 5.41) is 12.6. The number of hydrogen-bond acceptors (Lipinski definition) is 7. The Bertz CT molecular complexity index is 662. The highest BCUT2D eigenvalue weighted by Gasteiger charge is 2.31. The van der Waals surface area contributed by atoms with Gasteiger partial charge in [-0.2, -0.15) is 0 Å². The van der Waals surface area contributed by atoms with Crippen LogP contribution in [-0.4, -0.2) is 40.0 Å². The summed E-state index contributed by atoms with van der Waals surface area (Å²) in [5.74, 6) is 2.76. The molecule has 2 aliphatic heterocycles. The van der Waals surface area contributed by atoms with Gasteiger partial charge >= 0.3 is 0 Å². The highest BCUT2D eigenvalue weighted by molar-refractivity contribution is 5.12. The van der Waals surface area contributed by atoms with Crippen LogP contribution in [0.1, 0.15) is 67.2 Å². The molecular formula is C17H24N4O3. The van der Waals surface area contributed by atoms with Crippen LogP contribution in [-0.2, 0) is 11.3 Å². The molecule has 2 saturated heterocycles. The van der Waals surface area contributed by atoms with Crippen molar-refractivity contribution in [2.45, 2.75) is 57.5 Å². The lowest BCUT2D eigenvalue weighted by molar-refractivity contribution is 0.0768. The molecule has 2 aliphatic rings. The summed E-state index contributed by atoms with van der Waals surface area (Å²) in [6, 6.07) is 0.189. The third-order valence-electron chi connectivity index (χ3n) is 5.15. The van der Waals surface area contributed by atoms with Crippen molar-refractivity contribution < 1.29 is 13.7 Å². The average Bonchev–Trinajstić information content (AvgIpc) is 3.26. The van der Waals surface area contributed by atoms with Crippen LogP contribution in [0.2, 0.25) is 0 Å². The molecule has 4 heterocycles. The van der Waals surface area contributed by atoms with Crippen LogP contribution < -0.4 is 0 Å². The second-order valence-corrected chi connectivity index (χ2v) is 6.75. The Kier molecular flexibility index (Phi) is 4.62. The number of likely N-dealkylation sites (tertiary alicyclic amines) is 1. The highest BCUT2D eigenvalue weighted by Crippen LogP contribution is 2.34. The molecular weight excluding hydrogens is 308 g/mol. The van der Waals surface area contributed by atoms with Gasteiger partial charge in [-0.3, -0.25) is 4.90 Å². The van der Waals surface area contributed by atoms with Gasteiger partial charge in [-0.15, -0.1) is 10.2 Å². The number of hydrogen-bond donors (Lipinski definition) is 0. The van der Waals surface area contributed by atoms with E-state index in [1.807, 2.05) is 13.1 Å². The summed E-state index contributed by atoms with van der Waals surface area (Å²) in [5.41, 5.74) is 1.13. The van der Waals surface area contributed by atoms with Crippen LogP contribution in [0.15, 0.2) is 15.1 Å². The summed E-state index contributed by atoms with van der Waals surface area (Å²) in [6.07, 6.45) is 7.19. The van der Waals surface area contributed by atoms with Gasteiger partial charge in [0.15, 0.2) is 0 Å². The molecule has 2 aromatic heterocycles. The van der Waals surface area contributed by atoms with E-state index < -0.39 is 0 Å². The normalized spacial score (nSPS) is 23.6. The van der Waals surface area contributed by atoms with Crippen molar-refractivity contribution in [1.29, 1.82) is 0 Å². The van der Waals surface area contributed by atoms with Crippen molar-refractivity contribution in [2.75, 3.05) is 19.8 Å². The molecule has 0 amide bonds. The number of rotatable bonds is 4. The lowest BCUT2D eigenvalue weighted by Gasteiger charge is -2.33. The van der Waals surface area contributed by atoms with Crippen molar-refractivity contribution in [2.24, 2.45) is 0 Å². The van der Waals surface area contributed by atoms with E-state index in [1.165, 1.54) is 12.8 Å². The Balaban J connectivity index is 1.50. The van der Waals surface area contributed by atoms with E-state index in [0.29, 0.717) is 5.92 Å². The van der Waals surface area contributed by atoms with Gasteiger partial charge in [0.2, 0.25) is 11.8 Å². The number of piperidine rings is 1. The van der Waals surface area contributed by atoms with E-state index >= 15 is 0 Å². The van der Waals surface area contributed by atoms with Crippen molar-refractivity contribution in [3.8, 4) is 0 Å². The molecule has 2 aromatic rings.